The molecule has 0 aromatic rings. The molecule has 0 aromatic carbocycles. The van der Waals surface area contributed by atoms with Crippen molar-refractivity contribution in [1.29, 1.82) is 0 Å². The summed E-state index contributed by atoms with van der Waals surface area (Å²) in [5.74, 6) is 0. The number of ether oxygens (including phenoxy) is 2. The molecule has 1 rings (SSSR count). The lowest BCUT2D eigenvalue weighted by Crippen LogP contribution is -2.48. The number of carbonyl (C=O) groups is 2. The molecule has 1 fully saturated rings. The predicted octanol–water partition coefficient (Wildman–Crippen LogP) is 1.12. The van der Waals surface area contributed by atoms with E-state index in [-0.39, 0.29) is 13.2 Å². The molecule has 0 saturated carbocycles. The molecule has 0 aromatic heterocycles. The molecule has 2 amide bonds. The Hall–Kier alpha value is -1.66. The molecule has 0 radical (unpaired) electrons. The minimum Gasteiger partial charge on any atom is -0.432 e. The smallest absolute Gasteiger partial charge is 0.432 e. The van der Waals surface area contributed by atoms with Gasteiger partial charge in [-0.3, -0.25) is 0 Å². The van der Waals surface area contributed by atoms with Gasteiger partial charge < -0.3 is 14.4 Å². The maximum Gasteiger partial charge on any atom is 0.508 e. The zero-order valence-electron chi connectivity index (χ0n) is 8.34. The zero-order valence-corrected chi connectivity index (χ0v) is 8.34. The molecule has 7 heteroatoms. The highest BCUT2D eigenvalue weighted by Crippen LogP contribution is 2.10. The average molecular weight is 216 g/mol. The van der Waals surface area contributed by atoms with E-state index in [1.54, 1.807) is 0 Å². The highest BCUT2D eigenvalue weighted by atomic mass is 16.7. The molecule has 84 valence electrons. The molecule has 1 aliphatic heterocycles. The Morgan fingerprint density at radius 1 is 1.53 bits per heavy atom. The molecular formula is C8H12N2O5. The first-order valence-electron chi connectivity index (χ1n) is 4.62. The maximum absolute atomic E-state index is 11.1. The summed E-state index contributed by atoms with van der Waals surface area (Å²) >= 11 is 0. The Morgan fingerprint density at radius 2 is 2.13 bits per heavy atom. The van der Waals surface area contributed by atoms with Gasteiger partial charge in [0.05, 0.1) is 0 Å². The molecule has 1 heterocycles. The van der Waals surface area contributed by atoms with Crippen LogP contribution < -0.4 is 0 Å². The molecular weight excluding hydrogens is 204 g/mol. The molecule has 0 bridgehead atoms. The summed E-state index contributed by atoms with van der Waals surface area (Å²) in [4.78, 5) is 33.1. The van der Waals surface area contributed by atoms with Gasteiger partial charge in [0, 0.05) is 11.7 Å². The number of carbonyl (C=O) groups excluding carboxylic acids is 2. The third-order valence-corrected chi connectivity index (χ3v) is 2.02. The van der Waals surface area contributed by atoms with Crippen molar-refractivity contribution in [2.75, 3.05) is 19.8 Å². The van der Waals surface area contributed by atoms with Crippen molar-refractivity contribution in [3.63, 3.8) is 0 Å². The molecule has 0 unspecified atom stereocenters. The van der Waals surface area contributed by atoms with Crippen LogP contribution in [0, 0.1) is 4.91 Å². The highest BCUT2D eigenvalue weighted by Gasteiger charge is 2.29. The summed E-state index contributed by atoms with van der Waals surface area (Å²) < 4.78 is 9.23. The van der Waals surface area contributed by atoms with Crippen LogP contribution in [0.2, 0.25) is 0 Å². The second-order valence-corrected chi connectivity index (χ2v) is 3.09. The van der Waals surface area contributed by atoms with E-state index in [9.17, 15) is 14.5 Å². The van der Waals surface area contributed by atoms with E-state index in [2.05, 4.69) is 14.7 Å². The highest BCUT2D eigenvalue weighted by molar-refractivity contribution is 5.75. The first kappa shape index (κ1) is 11.4. The van der Waals surface area contributed by atoms with Crippen LogP contribution in [0.4, 0.5) is 9.59 Å². The molecule has 0 aliphatic carbocycles. The van der Waals surface area contributed by atoms with Crippen molar-refractivity contribution in [2.24, 2.45) is 5.18 Å². The largest absolute Gasteiger partial charge is 0.508 e. The van der Waals surface area contributed by atoms with Gasteiger partial charge in [0.25, 0.3) is 0 Å². The molecule has 0 N–H and O–H groups in total. The lowest BCUT2D eigenvalue weighted by molar-refractivity contribution is -0.0227. The minimum absolute atomic E-state index is 0.0418. The number of nitroso groups, excluding NO2 is 1. The number of cyclic esters (lactones) is 2. The van der Waals surface area contributed by atoms with Gasteiger partial charge in [-0.25, -0.2) is 9.59 Å². The average Bonchev–Trinajstić information content (AvgIpc) is 2.26. The fraction of sp³-hybridized carbons (Fsp3) is 0.750. The third-order valence-electron chi connectivity index (χ3n) is 2.02. The summed E-state index contributed by atoms with van der Waals surface area (Å²) in [5, 5.41) is 2.34. The van der Waals surface area contributed by atoms with Crippen LogP contribution in [0.1, 0.15) is 13.3 Å². The van der Waals surface area contributed by atoms with Gasteiger partial charge in [-0.2, -0.15) is 0 Å². The number of hydrogen-bond acceptors (Lipinski definition) is 5. The molecule has 0 atom stereocenters. The Labute approximate surface area is 86.3 Å². The van der Waals surface area contributed by atoms with Gasteiger partial charge in [0.2, 0.25) is 0 Å². The Morgan fingerprint density at radius 3 is 2.60 bits per heavy atom. The maximum atomic E-state index is 11.1. The van der Waals surface area contributed by atoms with Crippen LogP contribution in [0.3, 0.4) is 0 Å². The van der Waals surface area contributed by atoms with E-state index in [0.29, 0.717) is 13.0 Å². The van der Waals surface area contributed by atoms with E-state index in [4.69, 9.17) is 0 Å². The Bertz CT molecular complexity index is 258. The van der Waals surface area contributed by atoms with Crippen LogP contribution in [0.25, 0.3) is 0 Å². The van der Waals surface area contributed by atoms with Gasteiger partial charge in [0.1, 0.15) is 19.3 Å². The monoisotopic (exact) mass is 216 g/mol. The van der Waals surface area contributed by atoms with Crippen molar-refractivity contribution in [1.82, 2.24) is 4.90 Å². The van der Waals surface area contributed by atoms with E-state index >= 15 is 0 Å². The Kier molecular flexibility index (Phi) is 4.02. The second kappa shape index (κ2) is 5.28. The molecule has 1 saturated heterocycles. The van der Waals surface area contributed by atoms with Crippen molar-refractivity contribution < 1.29 is 19.1 Å². The van der Waals surface area contributed by atoms with E-state index in [1.807, 2.05) is 6.92 Å². The SMILES string of the molecule is CCCN(C(=O)N=O)C1COC(=O)OC1. The van der Waals surface area contributed by atoms with E-state index < -0.39 is 18.2 Å². The van der Waals surface area contributed by atoms with Gasteiger partial charge in [-0.1, -0.05) is 6.92 Å². The Balaban J connectivity index is 2.59. The lowest BCUT2D eigenvalue weighted by atomic mass is 10.2. The van der Waals surface area contributed by atoms with Crippen molar-refractivity contribution in [3.05, 3.63) is 4.91 Å². The quantitative estimate of drug-likeness (QED) is 0.521. The van der Waals surface area contributed by atoms with Crippen molar-refractivity contribution in [2.45, 2.75) is 19.4 Å². The van der Waals surface area contributed by atoms with Crippen LogP contribution in [-0.4, -0.2) is 42.9 Å². The molecule has 0 spiro atoms. The summed E-state index contributed by atoms with van der Waals surface area (Å²) in [6.45, 7) is 2.33. The predicted molar refractivity (Wildman–Crippen MR) is 49.3 cm³/mol. The molecule has 7 nitrogen and oxygen atoms in total. The van der Waals surface area contributed by atoms with Gasteiger partial charge >= 0.3 is 12.2 Å². The second-order valence-electron chi connectivity index (χ2n) is 3.09. The van der Waals surface area contributed by atoms with E-state index in [1.165, 1.54) is 4.90 Å². The number of nitrogens with zero attached hydrogens (tertiary/aromatic N) is 2. The van der Waals surface area contributed by atoms with Crippen LogP contribution in [-0.2, 0) is 9.47 Å². The van der Waals surface area contributed by atoms with Gasteiger partial charge in [-0.05, 0) is 6.42 Å². The third kappa shape index (κ3) is 2.90. The number of amides is 2. The summed E-state index contributed by atoms with van der Waals surface area (Å²) in [7, 11) is 0. The first-order chi connectivity index (χ1) is 7.19. The topological polar surface area (TPSA) is 85.3 Å². The normalized spacial score (nSPS) is 16.5. The number of urea groups is 1. The summed E-state index contributed by atoms with van der Waals surface area (Å²) in [6, 6.07) is -1.28. The van der Waals surface area contributed by atoms with E-state index in [0.717, 1.165) is 0 Å². The van der Waals surface area contributed by atoms with Crippen LogP contribution in [0.5, 0.6) is 0 Å². The first-order valence-corrected chi connectivity index (χ1v) is 4.62. The zero-order chi connectivity index (χ0) is 11.3. The van der Waals surface area contributed by atoms with Crippen LogP contribution in [0.15, 0.2) is 5.18 Å². The number of rotatable bonds is 3. The summed E-state index contributed by atoms with van der Waals surface area (Å²) in [6.07, 6.45) is -0.0691. The number of hydrogen-bond donors (Lipinski definition) is 0. The minimum atomic E-state index is -0.858. The fourth-order valence-electron chi connectivity index (χ4n) is 1.33. The lowest BCUT2D eigenvalue weighted by Gasteiger charge is -2.30. The fourth-order valence-corrected chi connectivity index (χ4v) is 1.33. The van der Waals surface area contributed by atoms with Crippen molar-refractivity contribution >= 4 is 12.2 Å². The van der Waals surface area contributed by atoms with Gasteiger partial charge in [0.15, 0.2) is 0 Å². The molecule has 15 heavy (non-hydrogen) atoms. The molecule has 1 aliphatic rings. The summed E-state index contributed by atoms with van der Waals surface area (Å²) in [5.41, 5.74) is 0. The van der Waals surface area contributed by atoms with Crippen molar-refractivity contribution in [3.8, 4) is 0 Å². The van der Waals surface area contributed by atoms with Gasteiger partial charge in [-0.15, -0.1) is 4.91 Å². The van der Waals surface area contributed by atoms with Crippen LogP contribution >= 0.6 is 0 Å². The standard InChI is InChI=1S/C8H12N2O5/c1-2-3-10(7(11)9-13)6-4-14-8(12)15-5-6/h6H,2-5H2,1H3.